The quantitative estimate of drug-likeness (QED) is 0.0216. The molecule has 0 aliphatic carbocycles. The van der Waals surface area contributed by atoms with Crippen LogP contribution in [0.2, 0.25) is 0 Å². The smallest absolute Gasteiger partial charge is 0.462 e. The van der Waals surface area contributed by atoms with Crippen LogP contribution in [0.3, 0.4) is 0 Å². The first-order valence-electron chi connectivity index (χ1n) is 21.6. The van der Waals surface area contributed by atoms with Gasteiger partial charge in [0.2, 0.25) is 0 Å². The zero-order valence-electron chi connectivity index (χ0n) is 35.0. The predicted molar refractivity (Wildman–Crippen MR) is 220 cm³/mol. The first-order chi connectivity index (χ1) is 25.5. The second-order valence-corrected chi connectivity index (χ2v) is 17.2. The first kappa shape index (κ1) is 51.5. The fourth-order valence-corrected chi connectivity index (χ4v) is 6.55. The Kier molecular flexibility index (Phi) is 35.1. The number of hydrogen-bond acceptors (Lipinski definition) is 7. The molecule has 0 aliphatic heterocycles. The number of allylic oxidation sites excluding steroid dienone is 4. The van der Waals surface area contributed by atoms with Gasteiger partial charge in [0.1, 0.15) is 19.8 Å². The summed E-state index contributed by atoms with van der Waals surface area (Å²) in [5, 5.41) is 0. The number of quaternary nitrogens is 1. The average Bonchev–Trinajstić information content (AvgIpc) is 3.10. The lowest BCUT2D eigenvalue weighted by molar-refractivity contribution is -0.870. The number of ether oxygens (including phenoxy) is 2. The van der Waals surface area contributed by atoms with Crippen LogP contribution in [0.25, 0.3) is 0 Å². The van der Waals surface area contributed by atoms with Crippen LogP contribution in [0.1, 0.15) is 187 Å². The van der Waals surface area contributed by atoms with Gasteiger partial charge in [-0.1, -0.05) is 154 Å². The van der Waals surface area contributed by atoms with Crippen LogP contribution in [0, 0.1) is 0 Å². The van der Waals surface area contributed by atoms with Gasteiger partial charge in [0.05, 0.1) is 27.7 Å². The van der Waals surface area contributed by atoms with E-state index in [2.05, 4.69) is 38.2 Å². The van der Waals surface area contributed by atoms with Crippen molar-refractivity contribution in [3.8, 4) is 0 Å². The summed E-state index contributed by atoms with van der Waals surface area (Å²) in [7, 11) is 1.47. The molecule has 0 bridgehead atoms. The highest BCUT2D eigenvalue weighted by atomic mass is 31.2. The number of hydrogen-bond donors (Lipinski definition) is 1. The number of carbonyl (C=O) groups is 2. The number of esters is 2. The lowest BCUT2D eigenvalue weighted by atomic mass is 10.0. The molecule has 10 heteroatoms. The molecular weight excluding hydrogens is 689 g/mol. The van der Waals surface area contributed by atoms with Gasteiger partial charge in [-0.2, -0.15) is 0 Å². The molecular formula is C43H83NO8P+. The lowest BCUT2D eigenvalue weighted by Crippen LogP contribution is -2.37. The van der Waals surface area contributed by atoms with E-state index in [4.69, 9.17) is 18.5 Å². The molecule has 0 radical (unpaired) electrons. The Labute approximate surface area is 326 Å². The third-order valence-corrected chi connectivity index (χ3v) is 10.2. The van der Waals surface area contributed by atoms with E-state index in [1.807, 2.05) is 21.1 Å². The van der Waals surface area contributed by atoms with Crippen LogP contribution in [0.15, 0.2) is 24.3 Å². The van der Waals surface area contributed by atoms with Crippen LogP contribution in [0.5, 0.6) is 0 Å². The second kappa shape index (κ2) is 36.1. The third-order valence-electron chi connectivity index (χ3n) is 9.23. The van der Waals surface area contributed by atoms with Crippen molar-refractivity contribution in [2.24, 2.45) is 0 Å². The number of nitrogens with zero attached hydrogens (tertiary/aromatic N) is 1. The van der Waals surface area contributed by atoms with Crippen LogP contribution in [-0.4, -0.2) is 74.9 Å². The number of phosphoric ester groups is 1. The highest BCUT2D eigenvalue weighted by Crippen LogP contribution is 2.43. The van der Waals surface area contributed by atoms with Crippen molar-refractivity contribution in [3.05, 3.63) is 24.3 Å². The Balaban J connectivity index is 4.38. The molecule has 0 aliphatic rings. The molecule has 0 spiro atoms. The van der Waals surface area contributed by atoms with Crippen LogP contribution < -0.4 is 0 Å². The molecule has 312 valence electrons. The van der Waals surface area contributed by atoms with E-state index in [1.165, 1.54) is 96.3 Å². The molecule has 0 saturated carbocycles. The van der Waals surface area contributed by atoms with Crippen LogP contribution in [-0.2, 0) is 32.7 Å². The molecule has 0 heterocycles. The molecule has 53 heavy (non-hydrogen) atoms. The summed E-state index contributed by atoms with van der Waals surface area (Å²) in [6, 6.07) is 0. The summed E-state index contributed by atoms with van der Waals surface area (Å²) >= 11 is 0. The topological polar surface area (TPSA) is 108 Å². The van der Waals surface area contributed by atoms with E-state index in [9.17, 15) is 19.0 Å². The minimum Gasteiger partial charge on any atom is -0.462 e. The minimum absolute atomic E-state index is 0.0311. The molecule has 2 atom stereocenters. The highest BCUT2D eigenvalue weighted by Gasteiger charge is 2.27. The van der Waals surface area contributed by atoms with Crippen molar-refractivity contribution in [2.75, 3.05) is 47.5 Å². The summed E-state index contributed by atoms with van der Waals surface area (Å²) in [5.74, 6) is -0.809. The van der Waals surface area contributed by atoms with Crippen molar-refractivity contribution >= 4 is 19.8 Å². The van der Waals surface area contributed by atoms with Crippen molar-refractivity contribution in [1.29, 1.82) is 0 Å². The molecule has 0 rings (SSSR count). The van der Waals surface area contributed by atoms with Gasteiger partial charge in [0.25, 0.3) is 0 Å². The van der Waals surface area contributed by atoms with Gasteiger partial charge in [-0.3, -0.25) is 18.6 Å². The SMILES string of the molecule is CCCCC/C=C\C/C=C\CCCCCCCC(=O)OC[C@H](COP(=O)(O)OCC[N+](C)(C)C)OC(=O)CCCCCCCCCCCCCCCC. The molecule has 9 nitrogen and oxygen atoms in total. The zero-order chi connectivity index (χ0) is 39.3. The van der Waals surface area contributed by atoms with Gasteiger partial charge in [-0.25, -0.2) is 4.57 Å². The number of carbonyl (C=O) groups excluding carboxylic acids is 2. The Morgan fingerprint density at radius 2 is 1.02 bits per heavy atom. The Bertz CT molecular complexity index is 964. The van der Waals surface area contributed by atoms with Gasteiger partial charge in [-0.05, 0) is 44.9 Å². The number of likely N-dealkylation sites (N-methyl/N-ethyl adjacent to an activating group) is 1. The summed E-state index contributed by atoms with van der Waals surface area (Å²) in [6.07, 6.45) is 37.9. The van der Waals surface area contributed by atoms with Crippen molar-refractivity contribution in [3.63, 3.8) is 0 Å². The summed E-state index contributed by atoms with van der Waals surface area (Å²) in [6.45, 7) is 4.39. The van der Waals surface area contributed by atoms with E-state index >= 15 is 0 Å². The highest BCUT2D eigenvalue weighted by molar-refractivity contribution is 7.47. The molecule has 1 N–H and O–H groups in total. The van der Waals surface area contributed by atoms with Crippen molar-refractivity contribution < 1.29 is 42.1 Å². The summed E-state index contributed by atoms with van der Waals surface area (Å²) in [5.41, 5.74) is 0. The zero-order valence-corrected chi connectivity index (χ0v) is 35.9. The van der Waals surface area contributed by atoms with Crippen molar-refractivity contribution in [2.45, 2.75) is 193 Å². The molecule has 1 unspecified atom stereocenters. The Morgan fingerprint density at radius 3 is 1.53 bits per heavy atom. The van der Waals surface area contributed by atoms with Crippen LogP contribution >= 0.6 is 7.82 Å². The van der Waals surface area contributed by atoms with Crippen LogP contribution in [0.4, 0.5) is 0 Å². The maximum atomic E-state index is 12.7. The summed E-state index contributed by atoms with van der Waals surface area (Å²) < 4.78 is 34.3. The van der Waals surface area contributed by atoms with E-state index in [1.54, 1.807) is 0 Å². The van der Waals surface area contributed by atoms with E-state index < -0.39 is 26.5 Å². The minimum atomic E-state index is -4.37. The van der Waals surface area contributed by atoms with Gasteiger partial charge < -0.3 is 18.9 Å². The normalized spacial score (nSPS) is 13.8. The fraction of sp³-hybridized carbons (Fsp3) is 0.860. The molecule has 0 aromatic heterocycles. The maximum absolute atomic E-state index is 12.7. The fourth-order valence-electron chi connectivity index (χ4n) is 5.81. The van der Waals surface area contributed by atoms with Gasteiger partial charge in [0.15, 0.2) is 6.10 Å². The number of unbranched alkanes of at least 4 members (excludes halogenated alkanes) is 21. The molecule has 0 saturated heterocycles. The summed E-state index contributed by atoms with van der Waals surface area (Å²) in [4.78, 5) is 35.3. The Morgan fingerprint density at radius 1 is 0.585 bits per heavy atom. The predicted octanol–water partition coefficient (Wildman–Crippen LogP) is 12.0. The first-order valence-corrected chi connectivity index (χ1v) is 23.1. The van der Waals surface area contributed by atoms with Crippen molar-refractivity contribution in [1.82, 2.24) is 0 Å². The molecule has 0 aromatic rings. The lowest BCUT2D eigenvalue weighted by Gasteiger charge is -2.24. The third kappa shape index (κ3) is 40.0. The standard InChI is InChI=1S/C43H82NO8P/c1-6-8-10-12-14-16-18-20-22-24-25-27-29-31-33-35-42(45)49-39-41(40-51-53(47,48)50-38-37-44(3,4)5)52-43(46)36-34-32-30-28-26-23-21-19-17-15-13-11-9-7-2/h14,16,20,22,41H,6-13,15,17-19,21,23-40H2,1-5H3/p+1/b16-14-,22-20-/t41-/m1/s1. The maximum Gasteiger partial charge on any atom is 0.472 e. The largest absolute Gasteiger partial charge is 0.472 e. The monoisotopic (exact) mass is 773 g/mol. The van der Waals surface area contributed by atoms with E-state index in [0.717, 1.165) is 57.8 Å². The van der Waals surface area contributed by atoms with E-state index in [-0.39, 0.29) is 32.0 Å². The average molecular weight is 773 g/mol. The Hall–Kier alpha value is -1.51. The molecule has 0 fully saturated rings. The van der Waals surface area contributed by atoms with E-state index in [0.29, 0.717) is 17.4 Å². The molecule has 0 amide bonds. The number of rotatable bonds is 39. The van der Waals surface area contributed by atoms with Gasteiger partial charge in [0, 0.05) is 12.8 Å². The second-order valence-electron chi connectivity index (χ2n) is 15.7. The number of phosphoric acid groups is 1. The van der Waals surface area contributed by atoms with Gasteiger partial charge in [-0.15, -0.1) is 0 Å². The van der Waals surface area contributed by atoms with Gasteiger partial charge >= 0.3 is 19.8 Å². The molecule has 0 aromatic carbocycles.